The maximum absolute atomic E-state index is 11.8. The average Bonchev–Trinajstić information content (AvgIpc) is 2.34. The molecule has 0 saturated heterocycles. The first kappa shape index (κ1) is 13.1. The molecule has 0 atom stereocenters. The fraction of sp³-hybridized carbons (Fsp3) is 0.273. The van der Waals surface area contributed by atoms with Gasteiger partial charge < -0.3 is 10.6 Å². The minimum atomic E-state index is -3.10. The molecule has 2 amide bonds. The van der Waals surface area contributed by atoms with E-state index in [0.29, 0.717) is 6.54 Å². The maximum atomic E-state index is 11.8. The van der Waals surface area contributed by atoms with E-state index in [2.05, 4.69) is 5.32 Å². The predicted octanol–water partition coefficient (Wildman–Crippen LogP) is 0.684. The second-order valence-electron chi connectivity index (χ2n) is 3.28. The third-order valence-corrected chi connectivity index (χ3v) is 1.95. The molecule has 17 heavy (non-hydrogen) atoms. The summed E-state index contributed by atoms with van der Waals surface area (Å²) < 4.78 is 23.6. The van der Waals surface area contributed by atoms with Crippen LogP contribution in [0, 0.1) is 0 Å². The summed E-state index contributed by atoms with van der Waals surface area (Å²) in [7, 11) is 0. The lowest BCUT2D eigenvalue weighted by Crippen LogP contribution is -2.39. The molecule has 0 fully saturated rings. The normalized spacial score (nSPS) is 10.1. The molecular formula is C11H12F2N2O2. The van der Waals surface area contributed by atoms with Crippen molar-refractivity contribution in [1.82, 2.24) is 10.6 Å². The molecule has 1 rings (SSSR count). The first-order valence-electron chi connectivity index (χ1n) is 4.96. The van der Waals surface area contributed by atoms with Gasteiger partial charge in [-0.25, -0.2) is 0 Å². The molecule has 0 aliphatic heterocycles. The van der Waals surface area contributed by atoms with Gasteiger partial charge in [-0.2, -0.15) is 8.78 Å². The number of amides is 2. The maximum Gasteiger partial charge on any atom is 0.315 e. The number of carbonyl (C=O) groups is 2. The molecule has 4 nitrogen and oxygen atoms in total. The molecule has 0 aromatic heterocycles. The van der Waals surface area contributed by atoms with E-state index in [-0.39, 0.29) is 0 Å². The first-order valence-corrected chi connectivity index (χ1v) is 4.96. The standard InChI is InChI=1S/C11H12F2N2O2/c12-10(13)11(17)15-7-9(16)14-6-8-4-2-1-3-5-8/h1-5,10H,6-7H2,(H,14,16)(H,15,17). The van der Waals surface area contributed by atoms with Gasteiger partial charge in [0.05, 0.1) is 6.54 Å². The molecular weight excluding hydrogens is 230 g/mol. The molecule has 1 aromatic rings. The lowest BCUT2D eigenvalue weighted by Gasteiger charge is -2.06. The summed E-state index contributed by atoms with van der Waals surface area (Å²) in [4.78, 5) is 21.7. The Balaban J connectivity index is 2.24. The van der Waals surface area contributed by atoms with Crippen molar-refractivity contribution in [3.63, 3.8) is 0 Å². The molecule has 0 heterocycles. The van der Waals surface area contributed by atoms with Gasteiger partial charge in [-0.1, -0.05) is 30.3 Å². The van der Waals surface area contributed by atoms with Gasteiger partial charge in [-0.05, 0) is 5.56 Å². The van der Waals surface area contributed by atoms with Gasteiger partial charge in [0.15, 0.2) is 0 Å². The second-order valence-corrected chi connectivity index (χ2v) is 3.28. The molecule has 0 bridgehead atoms. The van der Waals surface area contributed by atoms with Crippen LogP contribution in [0.4, 0.5) is 8.78 Å². The fourth-order valence-electron chi connectivity index (χ4n) is 1.10. The van der Waals surface area contributed by atoms with E-state index < -0.39 is 24.8 Å². The first-order chi connectivity index (χ1) is 8.09. The zero-order valence-corrected chi connectivity index (χ0v) is 8.95. The minimum Gasteiger partial charge on any atom is -0.350 e. The number of halogens is 2. The van der Waals surface area contributed by atoms with E-state index in [1.54, 1.807) is 0 Å². The minimum absolute atomic E-state index is 0.296. The summed E-state index contributed by atoms with van der Waals surface area (Å²) >= 11 is 0. The summed E-state index contributed by atoms with van der Waals surface area (Å²) in [5.41, 5.74) is 0.890. The van der Waals surface area contributed by atoms with Crippen LogP contribution in [-0.2, 0) is 16.1 Å². The highest BCUT2D eigenvalue weighted by atomic mass is 19.3. The predicted molar refractivity (Wildman–Crippen MR) is 57.3 cm³/mol. The van der Waals surface area contributed by atoms with Crippen LogP contribution >= 0.6 is 0 Å². The Kier molecular flexibility index (Phi) is 5.06. The lowest BCUT2D eigenvalue weighted by atomic mass is 10.2. The average molecular weight is 242 g/mol. The van der Waals surface area contributed by atoms with Crippen LogP contribution < -0.4 is 10.6 Å². The van der Waals surface area contributed by atoms with E-state index >= 15 is 0 Å². The van der Waals surface area contributed by atoms with Crippen molar-refractivity contribution in [1.29, 1.82) is 0 Å². The Labute approximate surface area is 97.0 Å². The Morgan fingerprint density at radius 1 is 1.12 bits per heavy atom. The SMILES string of the molecule is O=C(CNC(=O)C(F)F)NCc1ccccc1. The fourth-order valence-corrected chi connectivity index (χ4v) is 1.10. The van der Waals surface area contributed by atoms with E-state index in [0.717, 1.165) is 5.56 Å². The third-order valence-electron chi connectivity index (χ3n) is 1.95. The van der Waals surface area contributed by atoms with Crippen LogP contribution in [0.2, 0.25) is 0 Å². The molecule has 0 unspecified atom stereocenters. The zero-order chi connectivity index (χ0) is 12.7. The van der Waals surface area contributed by atoms with Crippen LogP contribution in [0.15, 0.2) is 30.3 Å². The number of benzene rings is 1. The number of hydrogen-bond acceptors (Lipinski definition) is 2. The third kappa shape index (κ3) is 5.05. The molecule has 2 N–H and O–H groups in total. The molecule has 0 aliphatic carbocycles. The number of hydrogen-bond donors (Lipinski definition) is 2. The van der Waals surface area contributed by atoms with Gasteiger partial charge in [0.1, 0.15) is 0 Å². The lowest BCUT2D eigenvalue weighted by molar-refractivity contribution is -0.133. The molecule has 1 aromatic carbocycles. The second kappa shape index (κ2) is 6.57. The summed E-state index contributed by atoms with van der Waals surface area (Å²) in [5.74, 6) is -1.96. The Hall–Kier alpha value is -1.98. The monoisotopic (exact) mass is 242 g/mol. The van der Waals surface area contributed by atoms with Crippen LogP contribution in [0.3, 0.4) is 0 Å². The highest BCUT2D eigenvalue weighted by Crippen LogP contribution is 1.96. The van der Waals surface area contributed by atoms with Gasteiger partial charge in [-0.15, -0.1) is 0 Å². The van der Waals surface area contributed by atoms with Crippen molar-refractivity contribution in [2.75, 3.05) is 6.54 Å². The van der Waals surface area contributed by atoms with Crippen LogP contribution in [-0.4, -0.2) is 24.8 Å². The number of nitrogens with one attached hydrogen (secondary N) is 2. The van der Waals surface area contributed by atoms with Crippen LogP contribution in [0.1, 0.15) is 5.56 Å². The number of alkyl halides is 2. The summed E-state index contributed by atoms with van der Waals surface area (Å²) in [6.45, 7) is -0.153. The number of carbonyl (C=O) groups excluding carboxylic acids is 2. The highest BCUT2D eigenvalue weighted by molar-refractivity contribution is 5.85. The quantitative estimate of drug-likeness (QED) is 0.798. The molecule has 0 radical (unpaired) electrons. The topological polar surface area (TPSA) is 58.2 Å². The highest BCUT2D eigenvalue weighted by Gasteiger charge is 2.15. The van der Waals surface area contributed by atoms with Crippen molar-refractivity contribution in [3.8, 4) is 0 Å². The zero-order valence-electron chi connectivity index (χ0n) is 8.95. The molecule has 0 saturated carbocycles. The van der Waals surface area contributed by atoms with Gasteiger partial charge >= 0.3 is 6.43 Å². The molecule has 92 valence electrons. The Morgan fingerprint density at radius 3 is 2.35 bits per heavy atom. The van der Waals surface area contributed by atoms with Gasteiger partial charge in [0, 0.05) is 6.54 Å². The van der Waals surface area contributed by atoms with Crippen molar-refractivity contribution in [2.45, 2.75) is 13.0 Å². The van der Waals surface area contributed by atoms with Crippen LogP contribution in [0.5, 0.6) is 0 Å². The summed E-state index contributed by atoms with van der Waals surface area (Å²) in [6, 6.07) is 9.12. The Bertz CT molecular complexity index is 382. The van der Waals surface area contributed by atoms with E-state index in [1.807, 2.05) is 35.6 Å². The molecule has 0 aliphatic rings. The van der Waals surface area contributed by atoms with Gasteiger partial charge in [0.25, 0.3) is 5.91 Å². The largest absolute Gasteiger partial charge is 0.350 e. The van der Waals surface area contributed by atoms with E-state index in [4.69, 9.17) is 0 Å². The smallest absolute Gasteiger partial charge is 0.315 e. The number of rotatable bonds is 5. The van der Waals surface area contributed by atoms with E-state index in [9.17, 15) is 18.4 Å². The van der Waals surface area contributed by atoms with Crippen molar-refractivity contribution >= 4 is 11.8 Å². The van der Waals surface area contributed by atoms with Crippen molar-refractivity contribution in [2.24, 2.45) is 0 Å². The Morgan fingerprint density at radius 2 is 1.76 bits per heavy atom. The summed E-state index contributed by atoms with van der Waals surface area (Å²) in [5, 5.41) is 4.31. The molecule has 6 heteroatoms. The van der Waals surface area contributed by atoms with Gasteiger partial charge in [0.2, 0.25) is 5.91 Å². The van der Waals surface area contributed by atoms with Crippen LogP contribution in [0.25, 0.3) is 0 Å². The molecule has 0 spiro atoms. The van der Waals surface area contributed by atoms with Gasteiger partial charge in [-0.3, -0.25) is 9.59 Å². The van der Waals surface area contributed by atoms with Crippen molar-refractivity contribution in [3.05, 3.63) is 35.9 Å². The summed E-state index contributed by atoms with van der Waals surface area (Å²) in [6.07, 6.45) is -3.10. The van der Waals surface area contributed by atoms with Crippen molar-refractivity contribution < 1.29 is 18.4 Å². The van der Waals surface area contributed by atoms with E-state index in [1.165, 1.54) is 0 Å².